The Kier molecular flexibility index (Phi) is 71.4. The first-order chi connectivity index (χ1) is 67.4. The molecule has 5 rings (SSSR count). The second kappa shape index (κ2) is 81.2. The van der Waals surface area contributed by atoms with E-state index in [4.69, 9.17) is 37.9 Å². The van der Waals surface area contributed by atoms with E-state index in [0.29, 0.717) is 59.8 Å². The summed E-state index contributed by atoms with van der Waals surface area (Å²) >= 11 is 0. The van der Waals surface area contributed by atoms with Crippen LogP contribution in [0.4, 0.5) is 0 Å². The molecule has 0 unspecified atom stereocenters. The van der Waals surface area contributed by atoms with E-state index in [-0.39, 0.29) is 77.3 Å². The van der Waals surface area contributed by atoms with Gasteiger partial charge in [-0.25, -0.2) is 9.59 Å². The number of fused-ring (bicyclic) bond motifs is 8. The van der Waals surface area contributed by atoms with E-state index in [1.165, 1.54) is 383 Å². The molecule has 0 heterocycles. The molecule has 1 aliphatic rings. The first-order valence-electron chi connectivity index (χ1n) is 57.5. The number of unbranched alkanes of at least 4 members (excludes halogenated alkanes) is 60. The van der Waals surface area contributed by atoms with Crippen molar-refractivity contribution in [2.75, 3.05) is 52.9 Å². The number of ketones is 2. The number of benzene rings is 4. The minimum absolute atomic E-state index is 0.00915. The molecule has 8 bridgehead atoms. The fourth-order valence-electron chi connectivity index (χ4n) is 19.9. The minimum Gasteiger partial charge on any atom is -0.489 e. The smallest absolute Gasteiger partial charge is 0.333 e. The predicted octanol–water partition coefficient (Wildman–Crippen LogP) is 34.4. The highest BCUT2D eigenvalue weighted by Gasteiger charge is 2.27. The van der Waals surface area contributed by atoms with Gasteiger partial charge >= 0.3 is 23.9 Å². The summed E-state index contributed by atoms with van der Waals surface area (Å²) in [5.74, 6) is -0.0422. The highest BCUT2D eigenvalue weighted by atomic mass is 16.6. The van der Waals surface area contributed by atoms with Gasteiger partial charge in [-0.15, -0.1) is 0 Å². The van der Waals surface area contributed by atoms with Crippen molar-refractivity contribution >= 4 is 35.4 Å². The number of Topliss-reactive ketones (excluding diaryl/α,β-unsaturated/α-hetero) is 2. The van der Waals surface area contributed by atoms with Gasteiger partial charge in [-0.3, -0.25) is 19.2 Å². The van der Waals surface area contributed by atoms with E-state index in [9.17, 15) is 28.8 Å². The summed E-state index contributed by atoms with van der Waals surface area (Å²) in [6.07, 6.45) is 86.1. The Morgan fingerprint density at radius 2 is 0.355 bits per heavy atom. The lowest BCUT2D eigenvalue weighted by Gasteiger charge is -2.25. The van der Waals surface area contributed by atoms with Crippen molar-refractivity contribution in [2.24, 2.45) is 0 Å². The molecular weight excluding hydrogens is 1710 g/mol. The average molecular weight is 1910 g/mol. The number of carbonyl (C=O) groups excluding carboxylic acids is 6. The highest BCUT2D eigenvalue weighted by molar-refractivity contribution is 5.94. The Hall–Kier alpha value is -7.22. The lowest BCUT2D eigenvalue weighted by Crippen LogP contribution is -2.17. The number of rotatable bonds is 90. The monoisotopic (exact) mass is 1910 g/mol. The van der Waals surface area contributed by atoms with Gasteiger partial charge in [-0.05, 0) is 146 Å². The molecule has 138 heavy (non-hydrogen) atoms. The van der Waals surface area contributed by atoms with Crippen LogP contribution in [0.5, 0.6) is 23.0 Å². The summed E-state index contributed by atoms with van der Waals surface area (Å²) < 4.78 is 52.4. The van der Waals surface area contributed by atoms with E-state index in [1.54, 1.807) is 13.8 Å². The summed E-state index contributed by atoms with van der Waals surface area (Å²) in [6.45, 7) is 23.1. The first-order valence-corrected chi connectivity index (χ1v) is 57.5. The van der Waals surface area contributed by atoms with Crippen LogP contribution in [0.2, 0.25) is 0 Å². The van der Waals surface area contributed by atoms with Gasteiger partial charge < -0.3 is 37.9 Å². The molecule has 0 aliphatic heterocycles. The molecule has 4 aromatic carbocycles. The Labute approximate surface area is 843 Å². The lowest BCUT2D eigenvalue weighted by molar-refractivity contribution is -0.147. The zero-order valence-electron chi connectivity index (χ0n) is 89.7. The second-order valence-corrected chi connectivity index (χ2v) is 41.3. The predicted molar refractivity (Wildman–Crippen MR) is 576 cm³/mol. The Morgan fingerprint density at radius 3 is 0.500 bits per heavy atom. The van der Waals surface area contributed by atoms with Gasteiger partial charge in [-0.1, -0.05) is 475 Å². The zero-order chi connectivity index (χ0) is 99.2. The summed E-state index contributed by atoms with van der Waals surface area (Å²) in [7, 11) is 0. The van der Waals surface area contributed by atoms with Gasteiger partial charge in [0, 0.05) is 36.8 Å². The number of hydrogen-bond acceptors (Lipinski definition) is 14. The topological polar surface area (TPSA) is 176 Å². The van der Waals surface area contributed by atoms with Gasteiger partial charge in [0.05, 0.1) is 0 Å². The van der Waals surface area contributed by atoms with Crippen LogP contribution in [0.25, 0.3) is 0 Å². The number of aryl methyl sites for hydroxylation is 4. The molecule has 0 spiro atoms. The zero-order valence-corrected chi connectivity index (χ0v) is 89.7. The summed E-state index contributed by atoms with van der Waals surface area (Å²) in [6, 6.07) is 18.7. The van der Waals surface area contributed by atoms with Gasteiger partial charge in [0.25, 0.3) is 0 Å². The molecular formula is C124H200O14. The number of hydrogen-bond donors (Lipinski definition) is 0. The molecule has 14 nitrogen and oxygen atoms in total. The van der Waals surface area contributed by atoms with Crippen LogP contribution in [0.1, 0.15) is 546 Å². The molecule has 4 aromatic rings. The highest BCUT2D eigenvalue weighted by Crippen LogP contribution is 2.43. The van der Waals surface area contributed by atoms with E-state index >= 15 is 0 Å². The third kappa shape index (κ3) is 59.0. The second-order valence-electron chi connectivity index (χ2n) is 41.3. The fraction of sp³-hybridized carbons (Fsp3) is 0.726. The molecule has 780 valence electrons. The molecule has 0 radical (unpaired) electrons. The Balaban J connectivity index is 1.75. The molecule has 1 aliphatic carbocycles. The summed E-state index contributed by atoms with van der Waals surface area (Å²) in [4.78, 5) is 77.8. The van der Waals surface area contributed by atoms with Crippen LogP contribution >= 0.6 is 0 Å². The third-order valence-electron chi connectivity index (χ3n) is 27.8. The maximum absolute atomic E-state index is 13.3. The van der Waals surface area contributed by atoms with Crippen LogP contribution in [0.3, 0.4) is 0 Å². The Morgan fingerprint density at radius 1 is 0.210 bits per heavy atom. The minimum atomic E-state index is -0.606. The van der Waals surface area contributed by atoms with Crippen molar-refractivity contribution in [1.82, 2.24) is 0 Å². The van der Waals surface area contributed by atoms with Crippen molar-refractivity contribution in [3.8, 4) is 23.0 Å². The molecule has 0 saturated heterocycles. The van der Waals surface area contributed by atoms with Crippen molar-refractivity contribution in [3.05, 3.63) is 140 Å². The molecule has 0 saturated carbocycles. The average Bonchev–Trinajstić information content (AvgIpc) is 0.770. The van der Waals surface area contributed by atoms with E-state index in [0.717, 1.165) is 134 Å². The lowest BCUT2D eigenvalue weighted by atomic mass is 9.86. The SMILES string of the molecule is C=C(C)C(=O)OCCOc1c2cc(CCCCCCCCCCCCCCCCCC)cc1Cc1cc(CCCCCCCCCCCCCCCCCC)cc(c1OCCOC(=O)C(=C)C)Cc1cc(CCCCCCCCCCCCCCCCCC)cc(c1OCCOC(=O)CC(C)=O)Cc1cc(CCCCCCCCCCCCCCCCCC)cc(c1OCCOC(=O)CC(C)=O)C2. The van der Waals surface area contributed by atoms with Crippen molar-refractivity contribution in [3.63, 3.8) is 0 Å². The maximum atomic E-state index is 13.3. The molecule has 0 aromatic heterocycles. The molecule has 0 fully saturated rings. The fourth-order valence-corrected chi connectivity index (χ4v) is 19.9. The number of esters is 4. The van der Waals surface area contributed by atoms with Gasteiger partial charge in [0.1, 0.15) is 100 Å². The normalized spacial score (nSPS) is 11.8. The number of ether oxygens (including phenoxy) is 8. The van der Waals surface area contributed by atoms with E-state index in [1.807, 2.05) is 0 Å². The van der Waals surface area contributed by atoms with Crippen LogP contribution in [0, 0.1) is 0 Å². The van der Waals surface area contributed by atoms with Crippen LogP contribution in [0.15, 0.2) is 72.8 Å². The van der Waals surface area contributed by atoms with Gasteiger partial charge in [0.15, 0.2) is 0 Å². The van der Waals surface area contributed by atoms with E-state index < -0.39 is 23.9 Å². The summed E-state index contributed by atoms with van der Waals surface area (Å²) in [5, 5.41) is 0. The molecule has 0 amide bonds. The molecule has 0 N–H and O–H groups in total. The van der Waals surface area contributed by atoms with Crippen LogP contribution < -0.4 is 18.9 Å². The van der Waals surface area contributed by atoms with Crippen LogP contribution in [-0.4, -0.2) is 88.3 Å². The molecule has 0 atom stereocenters. The largest absolute Gasteiger partial charge is 0.489 e. The first kappa shape index (κ1) is 121. The van der Waals surface area contributed by atoms with Gasteiger partial charge in [-0.2, -0.15) is 0 Å². The maximum Gasteiger partial charge on any atom is 0.333 e. The number of carbonyl (C=O) groups is 6. The van der Waals surface area contributed by atoms with Crippen molar-refractivity contribution in [1.29, 1.82) is 0 Å². The van der Waals surface area contributed by atoms with Crippen LogP contribution in [-0.2, 0) is 99.1 Å². The van der Waals surface area contributed by atoms with Gasteiger partial charge in [0.2, 0.25) is 0 Å². The molecule has 14 heteroatoms. The standard InChI is InChI=1S/C124H200O14/c1-11-15-19-23-27-31-35-39-43-47-51-55-59-63-67-71-75-105-89-109-97-110-90-106(76-72-68-64-60-56-52-48-44-40-36-32-28-24-20-16-12-2)92-112(120(110)134-82-80-132-118(128)88-104(10)126)99-114-94-108(78-74-70-66-62-58-54-50-46-42-38-34-30-26-22-18-14-4)96-116(122(114)136-84-86-138-124(130)102(7)8)100-115-95-107(77-73-69-65-61-57-53-49-45-41-37-33-29-25-21-17-13-3)93-113(121(115)135-83-85-137-123(129)101(5)6)98-111(91-105)119(109)133-81-79-131-117(127)87-103(9)125/h89-96H,5,7,11-88,97-100H2,1-4,6,8-10H3. The van der Waals surface area contributed by atoms with Crippen molar-refractivity contribution < 1.29 is 66.7 Å². The third-order valence-corrected chi connectivity index (χ3v) is 27.8. The Bertz CT molecular complexity index is 3670. The van der Waals surface area contributed by atoms with E-state index in [2.05, 4.69) is 89.4 Å². The summed E-state index contributed by atoms with van der Waals surface area (Å²) in [5.41, 5.74) is 12.9. The quantitative estimate of drug-likeness (QED) is 0.0118. The van der Waals surface area contributed by atoms with Crippen molar-refractivity contribution in [2.45, 2.75) is 531 Å².